The van der Waals surface area contributed by atoms with Crippen molar-refractivity contribution < 1.29 is 18.3 Å². The van der Waals surface area contributed by atoms with E-state index in [1.54, 1.807) is 30.5 Å². The second kappa shape index (κ2) is 5.08. The Bertz CT molecular complexity index is 493. The molecule has 1 aliphatic rings. The van der Waals surface area contributed by atoms with Gasteiger partial charge in [-0.05, 0) is 18.3 Å². The van der Waals surface area contributed by atoms with E-state index in [4.69, 9.17) is 0 Å². The first-order valence-corrected chi connectivity index (χ1v) is 5.79. The quantitative estimate of drug-likeness (QED) is 0.878. The molecule has 0 bridgehead atoms. The van der Waals surface area contributed by atoms with E-state index in [0.717, 1.165) is 0 Å². The van der Waals surface area contributed by atoms with Gasteiger partial charge in [0.25, 0.3) is 0 Å². The van der Waals surface area contributed by atoms with Gasteiger partial charge < -0.3 is 10.4 Å². The van der Waals surface area contributed by atoms with Crippen LogP contribution in [0.2, 0.25) is 0 Å². The Morgan fingerprint density at radius 3 is 2.74 bits per heavy atom. The lowest BCUT2D eigenvalue weighted by atomic mass is 9.94. The summed E-state index contributed by atoms with van der Waals surface area (Å²) in [5.41, 5.74) is -0.420. The lowest BCUT2D eigenvalue weighted by Gasteiger charge is -2.31. The Morgan fingerprint density at radius 2 is 2.16 bits per heavy atom. The number of aliphatic hydroxyl groups is 1. The van der Waals surface area contributed by atoms with Gasteiger partial charge in [-0.25, -0.2) is 0 Å². The van der Waals surface area contributed by atoms with E-state index in [9.17, 15) is 18.3 Å². The van der Waals surface area contributed by atoms with Gasteiger partial charge in [-0.3, -0.25) is 4.68 Å². The van der Waals surface area contributed by atoms with Gasteiger partial charge in [-0.1, -0.05) is 12.2 Å². The molecule has 19 heavy (non-hydrogen) atoms. The van der Waals surface area contributed by atoms with Crippen molar-refractivity contribution in [3.63, 3.8) is 0 Å². The van der Waals surface area contributed by atoms with E-state index >= 15 is 0 Å². The van der Waals surface area contributed by atoms with Crippen molar-refractivity contribution in [2.45, 2.75) is 24.7 Å². The highest BCUT2D eigenvalue weighted by Crippen LogP contribution is 2.26. The molecule has 0 aliphatic carbocycles. The molecule has 0 fully saturated rings. The number of hydrogen-bond acceptors (Lipinski definition) is 3. The second-order valence-electron chi connectivity index (χ2n) is 4.30. The van der Waals surface area contributed by atoms with Crippen LogP contribution in [0.25, 0.3) is 0 Å². The molecule has 0 amide bonds. The van der Waals surface area contributed by atoms with Crippen LogP contribution >= 0.6 is 0 Å². The Balaban J connectivity index is 2.23. The summed E-state index contributed by atoms with van der Waals surface area (Å²) in [6.07, 6.45) is 3.05. The highest BCUT2D eigenvalue weighted by Gasteiger charge is 2.33. The molecule has 4 nitrogen and oxygen atoms in total. The minimum absolute atomic E-state index is 0.271. The van der Waals surface area contributed by atoms with Gasteiger partial charge in [0.05, 0.1) is 18.7 Å². The van der Waals surface area contributed by atoms with Crippen LogP contribution in [-0.4, -0.2) is 27.7 Å². The summed E-state index contributed by atoms with van der Waals surface area (Å²) in [6, 6.07) is 1.60. The summed E-state index contributed by atoms with van der Waals surface area (Å²) in [5, 5.41) is 16.4. The maximum Gasteiger partial charge on any atom is 0.390 e. The van der Waals surface area contributed by atoms with Gasteiger partial charge in [-0.2, -0.15) is 18.3 Å². The summed E-state index contributed by atoms with van der Waals surface area (Å²) in [4.78, 5) is 0. The van der Waals surface area contributed by atoms with E-state index in [1.165, 1.54) is 10.9 Å². The second-order valence-corrected chi connectivity index (χ2v) is 4.30. The predicted molar refractivity (Wildman–Crippen MR) is 63.1 cm³/mol. The normalized spacial score (nSPS) is 22.5. The molecule has 1 aliphatic heterocycles. The Hall–Kier alpha value is -1.76. The molecule has 1 aromatic heterocycles. The van der Waals surface area contributed by atoms with Gasteiger partial charge >= 0.3 is 6.18 Å². The molecular weight excluding hydrogens is 259 g/mol. The molecule has 1 atom stereocenters. The van der Waals surface area contributed by atoms with E-state index in [0.29, 0.717) is 5.69 Å². The van der Waals surface area contributed by atoms with Crippen molar-refractivity contribution in [1.29, 1.82) is 0 Å². The number of hydrogen-bond donors (Lipinski definition) is 2. The van der Waals surface area contributed by atoms with Crippen molar-refractivity contribution in [2.24, 2.45) is 0 Å². The highest BCUT2D eigenvalue weighted by atomic mass is 19.4. The number of aromatic nitrogens is 2. The summed E-state index contributed by atoms with van der Waals surface area (Å²) in [7, 11) is 0. The Labute approximate surface area is 108 Å². The Morgan fingerprint density at radius 1 is 1.37 bits per heavy atom. The number of alkyl halides is 3. The lowest BCUT2D eigenvalue weighted by Crippen LogP contribution is -2.44. The maximum atomic E-state index is 12.3. The molecule has 1 unspecified atom stereocenters. The SMILES string of the molecule is OCC1(c2ccnn2CCC(F)(F)F)C=CC=CN1. The van der Waals surface area contributed by atoms with Crippen molar-refractivity contribution in [1.82, 2.24) is 15.1 Å². The third-order valence-electron chi connectivity index (χ3n) is 2.96. The first kappa shape index (κ1) is 13.7. The van der Waals surface area contributed by atoms with E-state index in [2.05, 4.69) is 10.4 Å². The van der Waals surface area contributed by atoms with Crippen LogP contribution < -0.4 is 5.32 Å². The molecule has 2 rings (SSSR count). The summed E-state index contributed by atoms with van der Waals surface area (Å²) in [6.45, 7) is -0.543. The third kappa shape index (κ3) is 2.98. The number of rotatable bonds is 4. The standard InChI is InChI=1S/C12H14F3N3O/c13-12(14,15)5-8-18-10(3-7-17-18)11(9-19)4-1-2-6-16-11/h1-4,6-7,16,19H,5,8-9H2. The van der Waals surface area contributed by atoms with Gasteiger partial charge in [-0.15, -0.1) is 0 Å². The largest absolute Gasteiger partial charge is 0.393 e. The van der Waals surface area contributed by atoms with Crippen LogP contribution in [-0.2, 0) is 12.1 Å². The monoisotopic (exact) mass is 273 g/mol. The topological polar surface area (TPSA) is 50.1 Å². The number of aryl methyl sites for hydroxylation is 1. The van der Waals surface area contributed by atoms with Gasteiger partial charge in [0.2, 0.25) is 0 Å². The van der Waals surface area contributed by atoms with E-state index in [1.807, 2.05) is 0 Å². The van der Waals surface area contributed by atoms with Crippen molar-refractivity contribution in [2.75, 3.05) is 6.61 Å². The van der Waals surface area contributed by atoms with Crippen molar-refractivity contribution in [3.8, 4) is 0 Å². The van der Waals surface area contributed by atoms with Crippen LogP contribution in [0.3, 0.4) is 0 Å². The van der Waals surface area contributed by atoms with Crippen molar-refractivity contribution in [3.05, 3.63) is 42.4 Å². The molecule has 0 saturated heterocycles. The van der Waals surface area contributed by atoms with Crippen LogP contribution in [0.5, 0.6) is 0 Å². The average Bonchev–Trinajstić information content (AvgIpc) is 2.85. The zero-order valence-corrected chi connectivity index (χ0v) is 10.1. The summed E-state index contributed by atoms with van der Waals surface area (Å²) in [5.74, 6) is 0. The maximum absolute atomic E-state index is 12.3. The first-order chi connectivity index (χ1) is 8.97. The fourth-order valence-electron chi connectivity index (χ4n) is 1.98. The molecule has 1 aromatic rings. The molecule has 0 spiro atoms. The highest BCUT2D eigenvalue weighted by molar-refractivity contribution is 5.29. The van der Waals surface area contributed by atoms with Crippen molar-refractivity contribution >= 4 is 0 Å². The fourth-order valence-corrected chi connectivity index (χ4v) is 1.98. The molecular formula is C12H14F3N3O. The lowest BCUT2D eigenvalue weighted by molar-refractivity contribution is -0.137. The minimum Gasteiger partial charge on any atom is -0.393 e. The number of aliphatic hydroxyl groups excluding tert-OH is 1. The van der Waals surface area contributed by atoms with E-state index < -0.39 is 18.1 Å². The van der Waals surface area contributed by atoms with Crippen LogP contribution in [0.15, 0.2) is 36.7 Å². The molecule has 104 valence electrons. The predicted octanol–water partition coefficient (Wildman–Crippen LogP) is 1.70. The van der Waals surface area contributed by atoms with E-state index in [-0.39, 0.29) is 13.2 Å². The van der Waals surface area contributed by atoms with Crippen LogP contribution in [0.1, 0.15) is 12.1 Å². The number of dihydropyridines is 1. The molecule has 0 radical (unpaired) electrons. The number of allylic oxidation sites excluding steroid dienone is 2. The van der Waals surface area contributed by atoms with Gasteiger partial charge in [0.1, 0.15) is 5.54 Å². The smallest absolute Gasteiger partial charge is 0.390 e. The summed E-state index contributed by atoms with van der Waals surface area (Å²) < 4.78 is 38.1. The average molecular weight is 273 g/mol. The first-order valence-electron chi connectivity index (χ1n) is 5.79. The fraction of sp³-hybridized carbons (Fsp3) is 0.417. The number of nitrogens with one attached hydrogen (secondary N) is 1. The molecule has 0 aromatic carbocycles. The number of nitrogens with zero attached hydrogens (tertiary/aromatic N) is 2. The van der Waals surface area contributed by atoms with Gasteiger partial charge in [0.15, 0.2) is 0 Å². The van der Waals surface area contributed by atoms with Crippen LogP contribution in [0, 0.1) is 0 Å². The minimum atomic E-state index is -4.23. The number of halogens is 3. The molecule has 2 N–H and O–H groups in total. The zero-order chi connectivity index (χ0) is 13.9. The summed E-state index contributed by atoms with van der Waals surface area (Å²) >= 11 is 0. The van der Waals surface area contributed by atoms with Gasteiger partial charge in [0, 0.05) is 12.7 Å². The van der Waals surface area contributed by atoms with Crippen LogP contribution in [0.4, 0.5) is 13.2 Å². The zero-order valence-electron chi connectivity index (χ0n) is 10.1. The third-order valence-corrected chi connectivity index (χ3v) is 2.96. The molecule has 2 heterocycles. The molecule has 0 saturated carbocycles. The Kier molecular flexibility index (Phi) is 3.66. The molecule has 7 heteroatoms.